The van der Waals surface area contributed by atoms with Crippen LogP contribution in [0.25, 0.3) is 11.0 Å². The van der Waals surface area contributed by atoms with Gasteiger partial charge in [0.2, 0.25) is 0 Å². The lowest BCUT2D eigenvalue weighted by atomic mass is 10.2. The van der Waals surface area contributed by atoms with Crippen molar-refractivity contribution in [3.63, 3.8) is 0 Å². The summed E-state index contributed by atoms with van der Waals surface area (Å²) in [5.41, 5.74) is 1.91. The van der Waals surface area contributed by atoms with E-state index in [0.29, 0.717) is 0 Å². The molecule has 2 nitrogen and oxygen atoms in total. The Bertz CT molecular complexity index is 736. The SMILES string of the molecule is CC(Nc1ccc(Cl)cc1)c1cc2cc(Br)ccc2o1. The van der Waals surface area contributed by atoms with Gasteiger partial charge in [0.15, 0.2) is 0 Å². The summed E-state index contributed by atoms with van der Waals surface area (Å²) in [6, 6.07) is 15.8. The third-order valence-electron chi connectivity index (χ3n) is 3.15. The number of rotatable bonds is 3. The average molecular weight is 351 g/mol. The number of halogens is 2. The summed E-state index contributed by atoms with van der Waals surface area (Å²) in [4.78, 5) is 0. The van der Waals surface area contributed by atoms with Crippen LogP contribution in [0, 0.1) is 0 Å². The number of furan rings is 1. The number of hydrogen-bond acceptors (Lipinski definition) is 2. The molecule has 1 aromatic heterocycles. The van der Waals surface area contributed by atoms with Gasteiger partial charge in [-0.2, -0.15) is 0 Å². The van der Waals surface area contributed by atoms with Crippen molar-refractivity contribution in [2.75, 3.05) is 5.32 Å². The Morgan fingerprint density at radius 3 is 2.60 bits per heavy atom. The maximum Gasteiger partial charge on any atom is 0.134 e. The van der Waals surface area contributed by atoms with Gasteiger partial charge in [0, 0.05) is 20.6 Å². The molecule has 0 radical (unpaired) electrons. The molecular formula is C16H13BrClNO. The number of nitrogens with one attached hydrogen (secondary N) is 1. The lowest BCUT2D eigenvalue weighted by Gasteiger charge is -2.12. The van der Waals surface area contributed by atoms with Crippen LogP contribution in [0.2, 0.25) is 5.02 Å². The van der Waals surface area contributed by atoms with Crippen LogP contribution in [0.4, 0.5) is 5.69 Å². The van der Waals surface area contributed by atoms with Gasteiger partial charge in [-0.25, -0.2) is 0 Å². The summed E-state index contributed by atoms with van der Waals surface area (Å²) in [6.45, 7) is 2.07. The van der Waals surface area contributed by atoms with Gasteiger partial charge in [-0.3, -0.25) is 0 Å². The predicted octanol–water partition coefficient (Wildman–Crippen LogP) is 6.02. The van der Waals surface area contributed by atoms with Crippen molar-refractivity contribution < 1.29 is 4.42 Å². The highest BCUT2D eigenvalue weighted by Crippen LogP contribution is 2.28. The molecule has 0 bridgehead atoms. The molecule has 0 aliphatic heterocycles. The van der Waals surface area contributed by atoms with Crippen molar-refractivity contribution in [2.24, 2.45) is 0 Å². The van der Waals surface area contributed by atoms with E-state index >= 15 is 0 Å². The van der Waals surface area contributed by atoms with Gasteiger partial charge < -0.3 is 9.73 Å². The highest BCUT2D eigenvalue weighted by atomic mass is 79.9. The van der Waals surface area contributed by atoms with Crippen LogP contribution in [-0.4, -0.2) is 0 Å². The molecule has 3 rings (SSSR count). The van der Waals surface area contributed by atoms with Crippen molar-refractivity contribution in [3.05, 3.63) is 63.8 Å². The second-order valence-corrected chi connectivity index (χ2v) is 6.06. The molecule has 1 atom stereocenters. The fourth-order valence-electron chi connectivity index (χ4n) is 2.12. The third kappa shape index (κ3) is 2.84. The van der Waals surface area contributed by atoms with Crippen LogP contribution in [0.1, 0.15) is 18.7 Å². The van der Waals surface area contributed by atoms with E-state index in [-0.39, 0.29) is 6.04 Å². The normalized spacial score (nSPS) is 12.6. The largest absolute Gasteiger partial charge is 0.459 e. The van der Waals surface area contributed by atoms with E-state index in [2.05, 4.69) is 40.3 Å². The van der Waals surface area contributed by atoms with Crippen LogP contribution in [0.5, 0.6) is 0 Å². The molecule has 20 heavy (non-hydrogen) atoms. The second kappa shape index (κ2) is 5.51. The first-order chi connectivity index (χ1) is 9.61. The first kappa shape index (κ1) is 13.5. The molecule has 0 aliphatic carbocycles. The first-order valence-corrected chi connectivity index (χ1v) is 7.50. The zero-order valence-corrected chi connectivity index (χ0v) is 13.2. The number of fused-ring (bicyclic) bond motifs is 1. The van der Waals surface area contributed by atoms with E-state index in [4.69, 9.17) is 16.0 Å². The summed E-state index contributed by atoms with van der Waals surface area (Å²) in [5.74, 6) is 0.910. The molecule has 2 aromatic carbocycles. The van der Waals surface area contributed by atoms with Crippen molar-refractivity contribution in [2.45, 2.75) is 13.0 Å². The summed E-state index contributed by atoms with van der Waals surface area (Å²) in [7, 11) is 0. The minimum Gasteiger partial charge on any atom is -0.459 e. The molecule has 0 aliphatic rings. The van der Waals surface area contributed by atoms with Crippen LogP contribution < -0.4 is 5.32 Å². The minimum atomic E-state index is 0.0855. The molecule has 0 spiro atoms. The zero-order chi connectivity index (χ0) is 14.1. The summed E-state index contributed by atoms with van der Waals surface area (Å²) < 4.78 is 6.92. The zero-order valence-electron chi connectivity index (χ0n) is 10.9. The number of benzene rings is 2. The maximum absolute atomic E-state index is 5.88. The standard InChI is InChI=1S/C16H13BrClNO/c1-10(19-14-5-3-13(18)4-6-14)16-9-11-8-12(17)2-7-15(11)20-16/h2-10,19H,1H3. The monoisotopic (exact) mass is 349 g/mol. The summed E-state index contributed by atoms with van der Waals surface area (Å²) in [5, 5.41) is 5.23. The molecule has 0 saturated heterocycles. The van der Waals surface area contributed by atoms with E-state index in [0.717, 1.165) is 31.9 Å². The van der Waals surface area contributed by atoms with Gasteiger partial charge in [0.05, 0.1) is 6.04 Å². The highest BCUT2D eigenvalue weighted by molar-refractivity contribution is 9.10. The molecule has 4 heteroatoms. The maximum atomic E-state index is 5.88. The van der Waals surface area contributed by atoms with Crippen molar-refractivity contribution in [1.82, 2.24) is 0 Å². The lowest BCUT2D eigenvalue weighted by molar-refractivity contribution is 0.526. The van der Waals surface area contributed by atoms with Crippen LogP contribution in [0.15, 0.2) is 57.4 Å². The van der Waals surface area contributed by atoms with Gasteiger partial charge in [-0.1, -0.05) is 27.5 Å². The molecular weight excluding hydrogens is 338 g/mol. The number of anilines is 1. The van der Waals surface area contributed by atoms with Crippen LogP contribution in [-0.2, 0) is 0 Å². The second-order valence-electron chi connectivity index (χ2n) is 4.70. The molecule has 102 valence electrons. The van der Waals surface area contributed by atoms with Gasteiger partial charge in [0.25, 0.3) is 0 Å². The first-order valence-electron chi connectivity index (χ1n) is 6.33. The van der Waals surface area contributed by atoms with Gasteiger partial charge in [-0.05, 0) is 55.5 Å². The Morgan fingerprint density at radius 1 is 1.10 bits per heavy atom. The Balaban J connectivity index is 1.84. The molecule has 3 aromatic rings. The van der Waals surface area contributed by atoms with Crippen molar-refractivity contribution in [3.8, 4) is 0 Å². The summed E-state index contributed by atoms with van der Waals surface area (Å²) >= 11 is 9.35. The van der Waals surface area contributed by atoms with Gasteiger partial charge in [0.1, 0.15) is 11.3 Å². The Morgan fingerprint density at radius 2 is 1.85 bits per heavy atom. The smallest absolute Gasteiger partial charge is 0.134 e. The van der Waals surface area contributed by atoms with E-state index in [1.165, 1.54) is 0 Å². The van der Waals surface area contributed by atoms with Crippen LogP contribution in [0.3, 0.4) is 0 Å². The molecule has 0 amide bonds. The van der Waals surface area contributed by atoms with E-state index in [1.807, 2.05) is 36.4 Å². The van der Waals surface area contributed by atoms with Crippen molar-refractivity contribution in [1.29, 1.82) is 0 Å². The van der Waals surface area contributed by atoms with Gasteiger partial charge >= 0.3 is 0 Å². The van der Waals surface area contributed by atoms with Gasteiger partial charge in [-0.15, -0.1) is 0 Å². The topological polar surface area (TPSA) is 25.2 Å². The Labute approximate surface area is 130 Å². The average Bonchev–Trinajstić information content (AvgIpc) is 2.84. The van der Waals surface area contributed by atoms with E-state index in [9.17, 15) is 0 Å². The third-order valence-corrected chi connectivity index (χ3v) is 3.90. The van der Waals surface area contributed by atoms with Crippen molar-refractivity contribution >= 4 is 44.2 Å². The van der Waals surface area contributed by atoms with E-state index < -0.39 is 0 Å². The fraction of sp³-hybridized carbons (Fsp3) is 0.125. The lowest BCUT2D eigenvalue weighted by Crippen LogP contribution is -2.05. The van der Waals surface area contributed by atoms with E-state index in [1.54, 1.807) is 0 Å². The molecule has 1 heterocycles. The fourth-order valence-corrected chi connectivity index (χ4v) is 2.62. The number of hydrogen-bond donors (Lipinski definition) is 1. The Hall–Kier alpha value is -1.45. The molecule has 1 N–H and O–H groups in total. The van der Waals surface area contributed by atoms with Crippen LogP contribution >= 0.6 is 27.5 Å². The minimum absolute atomic E-state index is 0.0855. The summed E-state index contributed by atoms with van der Waals surface area (Å²) in [6.07, 6.45) is 0. The molecule has 1 unspecified atom stereocenters. The molecule has 0 fully saturated rings. The quantitative estimate of drug-likeness (QED) is 0.624. The highest BCUT2D eigenvalue weighted by Gasteiger charge is 2.11. The Kier molecular flexibility index (Phi) is 3.72. The molecule has 0 saturated carbocycles. The predicted molar refractivity (Wildman–Crippen MR) is 87.4 cm³/mol.